The average molecular weight is 415 g/mol. The maximum Gasteiger partial charge on any atom is 0.329 e. The van der Waals surface area contributed by atoms with Crippen LogP contribution < -0.4 is 16.0 Å². The summed E-state index contributed by atoms with van der Waals surface area (Å²) < 4.78 is 10.3. The molecule has 3 amide bonds. The van der Waals surface area contributed by atoms with E-state index >= 15 is 0 Å². The Labute approximate surface area is 174 Å². The summed E-state index contributed by atoms with van der Waals surface area (Å²) in [5, 5.41) is 7.81. The minimum atomic E-state index is -1.09. The third-order valence-corrected chi connectivity index (χ3v) is 4.09. The first-order valence-corrected chi connectivity index (χ1v) is 9.40. The number of esters is 1. The molecule has 9 heteroatoms. The molecule has 1 heterocycles. The van der Waals surface area contributed by atoms with E-state index in [1.54, 1.807) is 44.2 Å². The first kappa shape index (κ1) is 22.7. The number of hydrogen-bond donors (Lipinski definition) is 3. The van der Waals surface area contributed by atoms with Crippen molar-refractivity contribution in [1.29, 1.82) is 0 Å². The number of carbonyl (C=O) groups is 4. The summed E-state index contributed by atoms with van der Waals surface area (Å²) >= 11 is 0. The van der Waals surface area contributed by atoms with Gasteiger partial charge in [-0.05, 0) is 49.2 Å². The number of anilines is 2. The third kappa shape index (κ3) is 6.47. The molecule has 0 unspecified atom stereocenters. The summed E-state index contributed by atoms with van der Waals surface area (Å²) in [6.45, 7) is 6.32. The lowest BCUT2D eigenvalue weighted by atomic mass is 10.0. The second kappa shape index (κ2) is 10.2. The van der Waals surface area contributed by atoms with Crippen LogP contribution in [-0.4, -0.2) is 35.8 Å². The molecule has 2 rings (SSSR count). The summed E-state index contributed by atoms with van der Waals surface area (Å²) in [6.07, 6.45) is 0.265. The van der Waals surface area contributed by atoms with Gasteiger partial charge >= 0.3 is 5.97 Å². The second-order valence-corrected chi connectivity index (χ2v) is 7.00. The third-order valence-electron chi connectivity index (χ3n) is 4.09. The van der Waals surface area contributed by atoms with Crippen molar-refractivity contribution in [2.45, 2.75) is 39.8 Å². The summed E-state index contributed by atoms with van der Waals surface area (Å²) in [4.78, 5) is 48.1. The van der Waals surface area contributed by atoms with Gasteiger partial charge in [0.05, 0.1) is 6.26 Å². The van der Waals surface area contributed by atoms with Crippen LogP contribution in [0, 0.1) is 5.92 Å². The Morgan fingerprint density at radius 2 is 1.53 bits per heavy atom. The van der Waals surface area contributed by atoms with Crippen LogP contribution in [0.25, 0.3) is 0 Å². The number of nitrogens with one attached hydrogen (secondary N) is 3. The van der Waals surface area contributed by atoms with Gasteiger partial charge < -0.3 is 25.1 Å². The lowest BCUT2D eigenvalue weighted by Gasteiger charge is -2.22. The fourth-order valence-electron chi connectivity index (χ4n) is 2.50. The Morgan fingerprint density at radius 1 is 0.933 bits per heavy atom. The molecule has 0 radical (unpaired) electrons. The molecule has 30 heavy (non-hydrogen) atoms. The molecule has 0 bridgehead atoms. The fourth-order valence-corrected chi connectivity index (χ4v) is 2.50. The molecule has 0 aliphatic carbocycles. The van der Waals surface area contributed by atoms with Gasteiger partial charge in [-0.1, -0.05) is 13.8 Å². The zero-order chi connectivity index (χ0) is 22.3. The smallest absolute Gasteiger partial charge is 0.329 e. The standard InChI is InChI=1S/C21H25N3O6/c1-12(2)18(24-20(27)17-6-5-11-29-17)21(28)30-13(3)19(26)23-16-9-7-15(8-10-16)22-14(4)25/h5-13,18H,1-4H3,(H,22,25)(H,23,26)(H,24,27)/t13-,18-/m0/s1. The molecule has 1 aromatic heterocycles. The highest BCUT2D eigenvalue weighted by molar-refractivity contribution is 5.97. The predicted octanol–water partition coefficient (Wildman–Crippen LogP) is 2.56. The van der Waals surface area contributed by atoms with Gasteiger partial charge in [0, 0.05) is 18.3 Å². The molecule has 2 aromatic rings. The van der Waals surface area contributed by atoms with Crippen LogP contribution in [0.3, 0.4) is 0 Å². The lowest BCUT2D eigenvalue weighted by Crippen LogP contribution is -2.47. The average Bonchev–Trinajstić information content (AvgIpc) is 3.21. The molecule has 9 nitrogen and oxygen atoms in total. The van der Waals surface area contributed by atoms with Crippen molar-refractivity contribution < 1.29 is 28.3 Å². The van der Waals surface area contributed by atoms with E-state index in [9.17, 15) is 19.2 Å². The van der Waals surface area contributed by atoms with Crippen molar-refractivity contribution in [3.63, 3.8) is 0 Å². The Hall–Kier alpha value is -3.62. The number of carbonyl (C=O) groups excluding carboxylic acids is 4. The molecule has 0 spiro atoms. The normalized spacial score (nSPS) is 12.6. The molecule has 2 atom stereocenters. The minimum absolute atomic E-state index is 0.0713. The van der Waals surface area contributed by atoms with Crippen LogP contribution in [0.15, 0.2) is 47.1 Å². The first-order valence-electron chi connectivity index (χ1n) is 9.40. The van der Waals surface area contributed by atoms with E-state index in [1.807, 2.05) is 0 Å². The Balaban J connectivity index is 1.94. The van der Waals surface area contributed by atoms with Gasteiger partial charge in [-0.15, -0.1) is 0 Å². The monoisotopic (exact) mass is 415 g/mol. The highest BCUT2D eigenvalue weighted by Crippen LogP contribution is 2.15. The SMILES string of the molecule is CC(=O)Nc1ccc(NC(=O)[C@H](C)OC(=O)[C@@H](NC(=O)c2ccco2)C(C)C)cc1. The van der Waals surface area contributed by atoms with Crippen LogP contribution >= 0.6 is 0 Å². The number of rotatable bonds is 8. The van der Waals surface area contributed by atoms with E-state index in [0.717, 1.165) is 0 Å². The molecular formula is C21H25N3O6. The van der Waals surface area contributed by atoms with E-state index in [0.29, 0.717) is 11.4 Å². The zero-order valence-electron chi connectivity index (χ0n) is 17.2. The van der Waals surface area contributed by atoms with Gasteiger partial charge in [-0.25, -0.2) is 4.79 Å². The van der Waals surface area contributed by atoms with Gasteiger partial charge in [-0.2, -0.15) is 0 Å². The van der Waals surface area contributed by atoms with Crippen molar-refractivity contribution in [3.05, 3.63) is 48.4 Å². The molecule has 0 saturated carbocycles. The van der Waals surface area contributed by atoms with Crippen molar-refractivity contribution in [2.75, 3.05) is 10.6 Å². The topological polar surface area (TPSA) is 127 Å². The van der Waals surface area contributed by atoms with E-state index in [4.69, 9.17) is 9.15 Å². The van der Waals surface area contributed by atoms with Crippen LogP contribution in [0.5, 0.6) is 0 Å². The van der Waals surface area contributed by atoms with Crippen LogP contribution in [0.2, 0.25) is 0 Å². The van der Waals surface area contributed by atoms with Gasteiger partial charge in [0.15, 0.2) is 11.9 Å². The molecule has 0 aliphatic heterocycles. The Bertz CT molecular complexity index is 890. The van der Waals surface area contributed by atoms with E-state index in [2.05, 4.69) is 16.0 Å². The first-order chi connectivity index (χ1) is 14.2. The molecule has 0 aliphatic rings. The number of amides is 3. The fraction of sp³-hybridized carbons (Fsp3) is 0.333. The van der Waals surface area contributed by atoms with Gasteiger partial charge in [0.1, 0.15) is 6.04 Å². The van der Waals surface area contributed by atoms with Crippen LogP contribution in [0.1, 0.15) is 38.2 Å². The summed E-state index contributed by atoms with van der Waals surface area (Å²) in [5.74, 6) is -2.21. The lowest BCUT2D eigenvalue weighted by molar-refractivity contribution is -0.156. The molecule has 0 saturated heterocycles. The summed E-state index contributed by atoms with van der Waals surface area (Å²) in [6, 6.07) is 8.57. The van der Waals surface area contributed by atoms with Crippen molar-refractivity contribution in [1.82, 2.24) is 5.32 Å². The summed E-state index contributed by atoms with van der Waals surface area (Å²) in [7, 11) is 0. The van der Waals surface area contributed by atoms with E-state index < -0.39 is 29.9 Å². The number of benzene rings is 1. The molecule has 0 fully saturated rings. The molecule has 3 N–H and O–H groups in total. The van der Waals surface area contributed by atoms with Crippen molar-refractivity contribution >= 4 is 35.1 Å². The van der Waals surface area contributed by atoms with Crippen molar-refractivity contribution in [2.24, 2.45) is 5.92 Å². The molecule has 160 valence electrons. The largest absolute Gasteiger partial charge is 0.459 e. The zero-order valence-corrected chi connectivity index (χ0v) is 17.2. The van der Waals surface area contributed by atoms with E-state index in [-0.39, 0.29) is 17.6 Å². The van der Waals surface area contributed by atoms with Gasteiger partial charge in [-0.3, -0.25) is 14.4 Å². The molecule has 1 aromatic carbocycles. The maximum atomic E-state index is 12.5. The number of hydrogen-bond acceptors (Lipinski definition) is 6. The quantitative estimate of drug-likeness (QED) is 0.569. The van der Waals surface area contributed by atoms with Gasteiger partial charge in [0.2, 0.25) is 5.91 Å². The van der Waals surface area contributed by atoms with Crippen LogP contribution in [-0.2, 0) is 19.1 Å². The Morgan fingerprint density at radius 3 is 2.03 bits per heavy atom. The highest BCUT2D eigenvalue weighted by atomic mass is 16.5. The molecular weight excluding hydrogens is 390 g/mol. The predicted molar refractivity (Wildman–Crippen MR) is 110 cm³/mol. The Kier molecular flexibility index (Phi) is 7.74. The second-order valence-electron chi connectivity index (χ2n) is 7.00. The van der Waals surface area contributed by atoms with Gasteiger partial charge in [0.25, 0.3) is 11.8 Å². The van der Waals surface area contributed by atoms with E-state index in [1.165, 1.54) is 26.2 Å². The number of furan rings is 1. The maximum absolute atomic E-state index is 12.5. The van der Waals surface area contributed by atoms with Crippen LogP contribution in [0.4, 0.5) is 11.4 Å². The number of ether oxygens (including phenoxy) is 1. The van der Waals surface area contributed by atoms with Crippen molar-refractivity contribution in [3.8, 4) is 0 Å². The minimum Gasteiger partial charge on any atom is -0.459 e. The highest BCUT2D eigenvalue weighted by Gasteiger charge is 2.29. The summed E-state index contributed by atoms with van der Waals surface area (Å²) in [5.41, 5.74) is 1.07.